The Morgan fingerprint density at radius 2 is 1.63 bits per heavy atom. The van der Waals surface area contributed by atoms with E-state index in [-0.39, 0.29) is 23.2 Å². The Hall–Kier alpha value is -2.89. The quantitative estimate of drug-likeness (QED) is 0.719. The predicted octanol–water partition coefficient (Wildman–Crippen LogP) is 3.90. The van der Waals surface area contributed by atoms with E-state index in [0.717, 1.165) is 11.1 Å². The third-order valence-corrected chi connectivity index (χ3v) is 4.08. The minimum Gasteiger partial charge on any atom is -0.352 e. The normalized spacial score (nSPS) is 12.3. The molecule has 0 spiro atoms. The molecular formula is C21H26FN3O2. The maximum atomic E-state index is 13.2. The van der Waals surface area contributed by atoms with Gasteiger partial charge in [-0.1, -0.05) is 45.0 Å². The maximum absolute atomic E-state index is 13.2. The molecule has 6 heteroatoms. The molecule has 4 N–H and O–H groups in total. The molecule has 2 aromatic carbocycles. The first-order valence-corrected chi connectivity index (χ1v) is 8.82. The van der Waals surface area contributed by atoms with Gasteiger partial charge < -0.3 is 16.4 Å². The number of hydrogen-bond donors (Lipinski definition) is 3. The summed E-state index contributed by atoms with van der Waals surface area (Å²) in [6.07, 6.45) is 0.713. The van der Waals surface area contributed by atoms with Crippen molar-refractivity contribution in [1.29, 1.82) is 0 Å². The standard InChI is InChI=1S/C21H26FN3O2/c1-21(2,3)12-18(15-8-10-17(22)11-9-15)25-19(26)16-6-4-14(5-7-16)13-24-20(23)27/h4-11,18H,12-13H2,1-3H3,(H,25,26)(H3,23,24,27)/t18-/m0/s1. The van der Waals surface area contributed by atoms with Crippen molar-refractivity contribution in [2.24, 2.45) is 11.1 Å². The van der Waals surface area contributed by atoms with E-state index in [1.54, 1.807) is 36.4 Å². The van der Waals surface area contributed by atoms with Crippen LogP contribution < -0.4 is 16.4 Å². The van der Waals surface area contributed by atoms with Crippen molar-refractivity contribution < 1.29 is 14.0 Å². The number of halogens is 1. The molecule has 2 aromatic rings. The number of urea groups is 1. The molecule has 0 bridgehead atoms. The Morgan fingerprint density at radius 3 is 2.15 bits per heavy atom. The molecule has 0 fully saturated rings. The van der Waals surface area contributed by atoms with E-state index < -0.39 is 6.03 Å². The van der Waals surface area contributed by atoms with Gasteiger partial charge >= 0.3 is 6.03 Å². The molecule has 5 nitrogen and oxygen atoms in total. The summed E-state index contributed by atoms with van der Waals surface area (Å²) in [6.45, 7) is 6.59. The number of amides is 3. The van der Waals surface area contributed by atoms with Gasteiger partial charge in [-0.25, -0.2) is 9.18 Å². The summed E-state index contributed by atoms with van der Waals surface area (Å²) in [6, 6.07) is 12.3. The molecular weight excluding hydrogens is 345 g/mol. The first kappa shape index (κ1) is 20.4. The number of carbonyl (C=O) groups is 2. The fraction of sp³-hybridized carbons (Fsp3) is 0.333. The first-order valence-electron chi connectivity index (χ1n) is 8.82. The molecule has 3 amide bonds. The van der Waals surface area contributed by atoms with E-state index in [9.17, 15) is 14.0 Å². The van der Waals surface area contributed by atoms with Crippen LogP contribution >= 0.6 is 0 Å². The van der Waals surface area contributed by atoms with Gasteiger partial charge in [-0.15, -0.1) is 0 Å². The van der Waals surface area contributed by atoms with E-state index in [4.69, 9.17) is 5.73 Å². The number of nitrogens with one attached hydrogen (secondary N) is 2. The number of rotatable bonds is 6. The molecule has 0 unspecified atom stereocenters. The SMILES string of the molecule is CC(C)(C)C[C@H](NC(=O)c1ccc(CNC(N)=O)cc1)c1ccc(F)cc1. The van der Waals surface area contributed by atoms with Crippen molar-refractivity contribution in [2.45, 2.75) is 39.8 Å². The van der Waals surface area contributed by atoms with Gasteiger partial charge in [-0.05, 0) is 47.2 Å². The molecule has 144 valence electrons. The number of primary amides is 1. The monoisotopic (exact) mass is 371 g/mol. The second kappa shape index (κ2) is 8.66. The van der Waals surface area contributed by atoms with Crippen LogP contribution in [0.1, 0.15) is 54.7 Å². The maximum Gasteiger partial charge on any atom is 0.312 e. The van der Waals surface area contributed by atoms with Crippen LogP contribution in [0, 0.1) is 11.2 Å². The number of benzene rings is 2. The number of carbonyl (C=O) groups excluding carboxylic acids is 2. The van der Waals surface area contributed by atoms with Crippen molar-refractivity contribution in [2.75, 3.05) is 0 Å². The van der Waals surface area contributed by atoms with Crippen LogP contribution in [0.4, 0.5) is 9.18 Å². The van der Waals surface area contributed by atoms with Crippen molar-refractivity contribution in [3.63, 3.8) is 0 Å². The lowest BCUT2D eigenvalue weighted by atomic mass is 9.85. The van der Waals surface area contributed by atoms with Crippen molar-refractivity contribution >= 4 is 11.9 Å². The fourth-order valence-corrected chi connectivity index (χ4v) is 2.76. The van der Waals surface area contributed by atoms with Crippen LogP contribution in [-0.4, -0.2) is 11.9 Å². The van der Waals surface area contributed by atoms with E-state index in [0.29, 0.717) is 18.5 Å². The van der Waals surface area contributed by atoms with Crippen LogP contribution in [0.25, 0.3) is 0 Å². The molecule has 0 aliphatic rings. The predicted molar refractivity (Wildman–Crippen MR) is 104 cm³/mol. The lowest BCUT2D eigenvalue weighted by molar-refractivity contribution is 0.0926. The lowest BCUT2D eigenvalue weighted by Crippen LogP contribution is -2.31. The van der Waals surface area contributed by atoms with Gasteiger partial charge in [0.15, 0.2) is 0 Å². The van der Waals surface area contributed by atoms with E-state index >= 15 is 0 Å². The van der Waals surface area contributed by atoms with Crippen molar-refractivity contribution in [3.05, 3.63) is 71.0 Å². The Morgan fingerprint density at radius 1 is 1.04 bits per heavy atom. The van der Waals surface area contributed by atoms with Gasteiger partial charge in [0.25, 0.3) is 5.91 Å². The third kappa shape index (κ3) is 6.73. The molecule has 1 atom stereocenters. The number of nitrogens with two attached hydrogens (primary N) is 1. The van der Waals surface area contributed by atoms with Crippen LogP contribution in [-0.2, 0) is 6.54 Å². The van der Waals surface area contributed by atoms with E-state index in [2.05, 4.69) is 31.4 Å². The van der Waals surface area contributed by atoms with Gasteiger partial charge in [0.2, 0.25) is 0 Å². The van der Waals surface area contributed by atoms with E-state index in [1.807, 2.05) is 0 Å². The second-order valence-electron chi connectivity index (χ2n) is 7.76. The smallest absolute Gasteiger partial charge is 0.312 e. The van der Waals surface area contributed by atoms with Crippen LogP contribution in [0.15, 0.2) is 48.5 Å². The summed E-state index contributed by atoms with van der Waals surface area (Å²) in [4.78, 5) is 23.4. The molecule has 0 radical (unpaired) electrons. The zero-order valence-electron chi connectivity index (χ0n) is 15.9. The highest BCUT2D eigenvalue weighted by Crippen LogP contribution is 2.29. The second-order valence-corrected chi connectivity index (χ2v) is 7.76. The largest absolute Gasteiger partial charge is 0.352 e. The van der Waals surface area contributed by atoms with Gasteiger partial charge in [0.05, 0.1) is 6.04 Å². The summed E-state index contributed by atoms with van der Waals surface area (Å²) in [5.74, 6) is -0.511. The summed E-state index contributed by atoms with van der Waals surface area (Å²) < 4.78 is 13.2. The highest BCUT2D eigenvalue weighted by Gasteiger charge is 2.22. The first-order chi connectivity index (χ1) is 12.6. The molecule has 27 heavy (non-hydrogen) atoms. The summed E-state index contributed by atoms with van der Waals surface area (Å²) >= 11 is 0. The van der Waals surface area contributed by atoms with Gasteiger partial charge in [-0.3, -0.25) is 4.79 Å². The van der Waals surface area contributed by atoms with Crippen molar-refractivity contribution in [3.8, 4) is 0 Å². The molecule has 0 saturated heterocycles. The molecule has 0 aliphatic heterocycles. The van der Waals surface area contributed by atoms with Gasteiger partial charge in [0.1, 0.15) is 5.82 Å². The molecule has 0 aliphatic carbocycles. The molecule has 0 aromatic heterocycles. The minimum atomic E-state index is -0.596. The zero-order valence-corrected chi connectivity index (χ0v) is 15.9. The Bertz CT molecular complexity index is 781. The minimum absolute atomic E-state index is 0.0172. The highest BCUT2D eigenvalue weighted by atomic mass is 19.1. The highest BCUT2D eigenvalue weighted by molar-refractivity contribution is 5.94. The van der Waals surface area contributed by atoms with Gasteiger partial charge in [-0.2, -0.15) is 0 Å². The van der Waals surface area contributed by atoms with Crippen LogP contribution in [0.3, 0.4) is 0 Å². The van der Waals surface area contributed by atoms with Crippen molar-refractivity contribution in [1.82, 2.24) is 10.6 Å². The van der Waals surface area contributed by atoms with Gasteiger partial charge in [0, 0.05) is 12.1 Å². The fourth-order valence-electron chi connectivity index (χ4n) is 2.76. The Kier molecular flexibility index (Phi) is 6.55. The van der Waals surface area contributed by atoms with Crippen LogP contribution in [0.5, 0.6) is 0 Å². The summed E-state index contributed by atoms with van der Waals surface area (Å²) in [7, 11) is 0. The molecule has 2 rings (SSSR count). The summed E-state index contributed by atoms with van der Waals surface area (Å²) in [5, 5.41) is 5.55. The van der Waals surface area contributed by atoms with E-state index in [1.165, 1.54) is 12.1 Å². The molecule has 0 saturated carbocycles. The average molecular weight is 371 g/mol. The Balaban J connectivity index is 2.12. The van der Waals surface area contributed by atoms with Crippen LogP contribution in [0.2, 0.25) is 0 Å². The third-order valence-electron chi connectivity index (χ3n) is 4.08. The molecule has 0 heterocycles. The number of hydrogen-bond acceptors (Lipinski definition) is 2. The Labute approximate surface area is 159 Å². The average Bonchev–Trinajstić information content (AvgIpc) is 2.59. The lowest BCUT2D eigenvalue weighted by Gasteiger charge is -2.27. The summed E-state index contributed by atoms with van der Waals surface area (Å²) in [5.41, 5.74) is 7.25. The zero-order chi connectivity index (χ0) is 20.0. The topological polar surface area (TPSA) is 84.2 Å².